The number of anilines is 1. The topological polar surface area (TPSA) is 64.9 Å². The van der Waals surface area contributed by atoms with Gasteiger partial charge in [-0.3, -0.25) is 9.69 Å². The molecule has 1 amide bonds. The first-order valence-electron chi connectivity index (χ1n) is 13.2. The summed E-state index contributed by atoms with van der Waals surface area (Å²) in [7, 11) is 0. The highest BCUT2D eigenvalue weighted by atomic mass is 16.5. The second-order valence-electron chi connectivity index (χ2n) is 10.2. The van der Waals surface area contributed by atoms with Crippen LogP contribution in [0.4, 0.5) is 5.69 Å². The SMILES string of the molecule is O=C(C[C@H]1CCNC[C@@H]1Cc1cc(CN2CCCCC2)on1)N1CCN(c2ccccc2)CC1. The predicted octanol–water partition coefficient (Wildman–Crippen LogP) is 3.17. The van der Waals surface area contributed by atoms with Crippen LogP contribution in [0.2, 0.25) is 0 Å². The monoisotopic (exact) mass is 465 g/mol. The molecular weight excluding hydrogens is 426 g/mol. The molecule has 3 aliphatic rings. The number of benzene rings is 1. The van der Waals surface area contributed by atoms with Crippen molar-refractivity contribution in [3.63, 3.8) is 0 Å². The number of nitrogens with one attached hydrogen (secondary N) is 1. The van der Waals surface area contributed by atoms with Gasteiger partial charge in [-0.2, -0.15) is 0 Å². The molecular formula is C27H39N5O2. The lowest BCUT2D eigenvalue weighted by Gasteiger charge is -2.38. The molecule has 0 bridgehead atoms. The van der Waals surface area contributed by atoms with Gasteiger partial charge in [0.05, 0.1) is 12.2 Å². The number of carbonyl (C=O) groups excluding carboxylic acids is 1. The van der Waals surface area contributed by atoms with Gasteiger partial charge in [-0.15, -0.1) is 0 Å². The van der Waals surface area contributed by atoms with E-state index in [9.17, 15) is 4.79 Å². The van der Waals surface area contributed by atoms with Gasteiger partial charge in [0.25, 0.3) is 0 Å². The quantitative estimate of drug-likeness (QED) is 0.678. The summed E-state index contributed by atoms with van der Waals surface area (Å²) in [4.78, 5) is 20.1. The molecule has 1 N–H and O–H groups in total. The molecule has 1 aromatic heterocycles. The molecule has 7 nitrogen and oxygen atoms in total. The number of hydrogen-bond acceptors (Lipinski definition) is 6. The van der Waals surface area contributed by atoms with Gasteiger partial charge < -0.3 is 19.6 Å². The molecule has 0 unspecified atom stereocenters. The average molecular weight is 466 g/mol. The molecule has 7 heteroatoms. The normalized spacial score (nSPS) is 24.4. The highest BCUT2D eigenvalue weighted by Gasteiger charge is 2.31. The van der Waals surface area contributed by atoms with E-state index in [1.165, 1.54) is 24.9 Å². The Hall–Kier alpha value is -2.38. The van der Waals surface area contributed by atoms with Gasteiger partial charge in [-0.1, -0.05) is 29.8 Å². The minimum Gasteiger partial charge on any atom is -0.368 e. The Morgan fingerprint density at radius 2 is 1.79 bits per heavy atom. The molecule has 1 aromatic carbocycles. The van der Waals surface area contributed by atoms with Crippen LogP contribution >= 0.6 is 0 Å². The molecule has 4 heterocycles. The number of piperidine rings is 2. The van der Waals surface area contributed by atoms with Crippen LogP contribution in [-0.4, -0.2) is 73.2 Å². The summed E-state index contributed by atoms with van der Waals surface area (Å²) >= 11 is 0. The molecule has 34 heavy (non-hydrogen) atoms. The fourth-order valence-corrected chi connectivity index (χ4v) is 5.82. The highest BCUT2D eigenvalue weighted by molar-refractivity contribution is 5.77. The minimum absolute atomic E-state index is 0.315. The van der Waals surface area contributed by atoms with E-state index in [0.29, 0.717) is 24.2 Å². The van der Waals surface area contributed by atoms with Crippen LogP contribution in [0.1, 0.15) is 43.6 Å². The smallest absolute Gasteiger partial charge is 0.222 e. The minimum atomic E-state index is 0.315. The van der Waals surface area contributed by atoms with Crippen molar-refractivity contribution in [2.24, 2.45) is 11.8 Å². The van der Waals surface area contributed by atoms with Gasteiger partial charge in [0.2, 0.25) is 5.91 Å². The number of likely N-dealkylation sites (tertiary alicyclic amines) is 1. The van der Waals surface area contributed by atoms with Crippen molar-refractivity contribution in [1.29, 1.82) is 0 Å². The van der Waals surface area contributed by atoms with Crippen molar-refractivity contribution in [3.8, 4) is 0 Å². The molecule has 2 aromatic rings. The number of hydrogen-bond donors (Lipinski definition) is 1. The summed E-state index contributed by atoms with van der Waals surface area (Å²) in [6.45, 7) is 8.57. The van der Waals surface area contributed by atoms with Gasteiger partial charge in [0, 0.05) is 44.4 Å². The molecule has 0 radical (unpaired) electrons. The zero-order valence-electron chi connectivity index (χ0n) is 20.3. The average Bonchev–Trinajstić information content (AvgIpc) is 3.33. The number of amides is 1. The molecule has 184 valence electrons. The summed E-state index contributed by atoms with van der Waals surface area (Å²) in [6.07, 6.45) is 6.50. The third kappa shape index (κ3) is 5.99. The number of nitrogens with zero attached hydrogens (tertiary/aromatic N) is 4. The Labute approximate surface area is 203 Å². The molecule has 3 aliphatic heterocycles. The lowest BCUT2D eigenvalue weighted by atomic mass is 9.81. The molecule has 2 atom stereocenters. The molecule has 3 fully saturated rings. The van der Waals surface area contributed by atoms with E-state index in [1.54, 1.807) is 0 Å². The third-order valence-electron chi connectivity index (χ3n) is 7.86. The third-order valence-corrected chi connectivity index (χ3v) is 7.86. The molecule has 3 saturated heterocycles. The lowest BCUT2D eigenvalue weighted by molar-refractivity contribution is -0.133. The highest BCUT2D eigenvalue weighted by Crippen LogP contribution is 2.28. The van der Waals surface area contributed by atoms with Crippen LogP contribution in [0, 0.1) is 11.8 Å². The fraction of sp³-hybridized carbons (Fsp3) is 0.630. The first-order valence-corrected chi connectivity index (χ1v) is 13.2. The summed E-state index contributed by atoms with van der Waals surface area (Å²) in [6, 6.07) is 12.7. The predicted molar refractivity (Wildman–Crippen MR) is 134 cm³/mol. The second kappa shape index (κ2) is 11.4. The maximum atomic E-state index is 13.2. The number of aromatic nitrogens is 1. The van der Waals surface area contributed by atoms with Gasteiger partial charge in [-0.25, -0.2) is 0 Å². The van der Waals surface area contributed by atoms with E-state index < -0.39 is 0 Å². The van der Waals surface area contributed by atoms with Crippen molar-refractivity contribution >= 4 is 11.6 Å². The van der Waals surface area contributed by atoms with Crippen LogP contribution in [-0.2, 0) is 17.8 Å². The van der Waals surface area contributed by atoms with Gasteiger partial charge in [0.15, 0.2) is 5.76 Å². The maximum absolute atomic E-state index is 13.2. The summed E-state index contributed by atoms with van der Waals surface area (Å²) in [5.41, 5.74) is 2.29. The van der Waals surface area contributed by atoms with Crippen LogP contribution in [0.3, 0.4) is 0 Å². The number of para-hydroxylation sites is 1. The Morgan fingerprint density at radius 3 is 2.59 bits per heavy atom. The van der Waals surface area contributed by atoms with Gasteiger partial charge in [0.1, 0.15) is 0 Å². The number of piperazine rings is 1. The summed E-state index contributed by atoms with van der Waals surface area (Å²) in [5, 5.41) is 7.92. The van der Waals surface area contributed by atoms with E-state index in [2.05, 4.69) is 55.5 Å². The largest absolute Gasteiger partial charge is 0.368 e. The van der Waals surface area contributed by atoms with Crippen molar-refractivity contribution in [3.05, 3.63) is 47.9 Å². The Balaban J connectivity index is 1.12. The lowest BCUT2D eigenvalue weighted by Crippen LogP contribution is -2.50. The van der Waals surface area contributed by atoms with Crippen molar-refractivity contribution in [1.82, 2.24) is 20.3 Å². The van der Waals surface area contributed by atoms with Crippen LogP contribution in [0.5, 0.6) is 0 Å². The molecule has 5 rings (SSSR count). The molecule has 0 aliphatic carbocycles. The van der Waals surface area contributed by atoms with E-state index in [1.807, 2.05) is 6.07 Å². The Morgan fingerprint density at radius 1 is 1.00 bits per heavy atom. The summed E-state index contributed by atoms with van der Waals surface area (Å²) < 4.78 is 5.68. The van der Waals surface area contributed by atoms with Crippen LogP contribution in [0.15, 0.2) is 40.9 Å². The number of rotatable bonds is 7. The Bertz CT molecular complexity index is 903. The van der Waals surface area contributed by atoms with Crippen molar-refractivity contribution in [2.75, 3.05) is 57.3 Å². The zero-order chi connectivity index (χ0) is 23.2. The van der Waals surface area contributed by atoms with E-state index in [0.717, 1.165) is 83.2 Å². The van der Waals surface area contributed by atoms with Gasteiger partial charge in [-0.05, 0) is 75.8 Å². The van der Waals surface area contributed by atoms with Gasteiger partial charge >= 0.3 is 0 Å². The Kier molecular flexibility index (Phi) is 7.81. The molecule has 0 saturated carbocycles. The van der Waals surface area contributed by atoms with E-state index in [4.69, 9.17) is 4.52 Å². The van der Waals surface area contributed by atoms with E-state index >= 15 is 0 Å². The van der Waals surface area contributed by atoms with Crippen molar-refractivity contribution < 1.29 is 9.32 Å². The first-order chi connectivity index (χ1) is 16.7. The molecule has 0 spiro atoms. The van der Waals surface area contributed by atoms with E-state index in [-0.39, 0.29) is 0 Å². The number of carbonyl (C=O) groups is 1. The van der Waals surface area contributed by atoms with Crippen molar-refractivity contribution in [2.45, 2.75) is 45.1 Å². The summed E-state index contributed by atoms with van der Waals surface area (Å²) in [5.74, 6) is 2.12. The standard InChI is InChI=1S/C27H39N5O2/c33-27(32-15-13-31(14-16-32)25-7-3-1-4-8-25)18-22-9-10-28-20-23(22)17-24-19-26(34-29-24)21-30-11-5-2-6-12-30/h1,3-4,7-8,19,22-23,28H,2,5-6,9-18,20-21H2/t22-,23+/m1/s1. The zero-order valence-corrected chi connectivity index (χ0v) is 20.3. The first kappa shape index (κ1) is 23.4. The maximum Gasteiger partial charge on any atom is 0.222 e. The van der Waals surface area contributed by atoms with Crippen LogP contribution < -0.4 is 10.2 Å². The second-order valence-corrected chi connectivity index (χ2v) is 10.2. The van der Waals surface area contributed by atoms with Crippen LogP contribution in [0.25, 0.3) is 0 Å². The fourth-order valence-electron chi connectivity index (χ4n) is 5.82.